The Morgan fingerprint density at radius 1 is 1.07 bits per heavy atom. The number of nitrogens with zero attached hydrogens (tertiary/aromatic N) is 5. The van der Waals surface area contributed by atoms with Crippen LogP contribution < -0.4 is 9.64 Å². The summed E-state index contributed by atoms with van der Waals surface area (Å²) < 4.78 is 36.1. The van der Waals surface area contributed by atoms with E-state index in [1.54, 1.807) is 13.3 Å². The van der Waals surface area contributed by atoms with Gasteiger partial charge in [-0.25, -0.2) is 13.8 Å². The molecular weight excluding hydrogens is 396 g/mol. The minimum Gasteiger partial charge on any atom is -0.481 e. The number of methoxy groups -OCH3 is 1. The maximum absolute atomic E-state index is 13.5. The van der Waals surface area contributed by atoms with Crippen LogP contribution in [0.3, 0.4) is 0 Å². The number of anilines is 1. The average Bonchev–Trinajstić information content (AvgIpc) is 3.25. The highest BCUT2D eigenvalue weighted by atomic mass is 32.1. The Kier molecular flexibility index (Phi) is 5.96. The van der Waals surface area contributed by atoms with Gasteiger partial charge in [-0.2, -0.15) is 9.36 Å². The minimum absolute atomic E-state index is 0.429. The van der Waals surface area contributed by atoms with Crippen LogP contribution in [0.4, 0.5) is 13.9 Å². The number of hydrogen-bond acceptors (Lipinski definition) is 7. The third-order valence-corrected chi connectivity index (χ3v) is 5.74. The van der Waals surface area contributed by atoms with Crippen molar-refractivity contribution in [1.82, 2.24) is 19.2 Å². The zero-order chi connectivity index (χ0) is 20.2. The van der Waals surface area contributed by atoms with Crippen molar-refractivity contribution < 1.29 is 13.5 Å². The zero-order valence-corrected chi connectivity index (χ0v) is 16.8. The fourth-order valence-electron chi connectivity index (χ4n) is 3.26. The van der Waals surface area contributed by atoms with Crippen LogP contribution in [0.1, 0.15) is 5.56 Å². The number of pyridine rings is 1. The van der Waals surface area contributed by atoms with Gasteiger partial charge in [0.1, 0.15) is 0 Å². The molecular formula is C20H21F2N5OS. The van der Waals surface area contributed by atoms with Crippen molar-refractivity contribution >= 4 is 16.7 Å². The molecule has 0 amide bonds. The lowest BCUT2D eigenvalue weighted by Crippen LogP contribution is -2.47. The molecule has 0 saturated carbocycles. The minimum atomic E-state index is -0.890. The van der Waals surface area contributed by atoms with Gasteiger partial charge < -0.3 is 9.64 Å². The highest BCUT2D eigenvalue weighted by Gasteiger charge is 2.20. The average molecular weight is 417 g/mol. The van der Waals surface area contributed by atoms with Gasteiger partial charge in [-0.05, 0) is 36.2 Å². The molecule has 4 rings (SSSR count). The first-order valence-corrected chi connectivity index (χ1v) is 10.1. The maximum atomic E-state index is 13.5. The molecule has 1 saturated heterocycles. The molecule has 0 N–H and O–H groups in total. The molecule has 152 valence electrons. The molecule has 0 unspecified atom stereocenters. The second-order valence-electron chi connectivity index (χ2n) is 6.81. The van der Waals surface area contributed by atoms with E-state index in [0.29, 0.717) is 17.3 Å². The van der Waals surface area contributed by atoms with Crippen molar-refractivity contribution in [2.45, 2.75) is 6.42 Å². The molecule has 0 bridgehead atoms. The molecule has 0 aliphatic carbocycles. The molecule has 29 heavy (non-hydrogen) atoms. The predicted molar refractivity (Wildman–Crippen MR) is 108 cm³/mol. The van der Waals surface area contributed by atoms with E-state index in [4.69, 9.17) is 4.74 Å². The van der Waals surface area contributed by atoms with Gasteiger partial charge >= 0.3 is 0 Å². The van der Waals surface area contributed by atoms with Crippen molar-refractivity contribution in [2.75, 3.05) is 44.7 Å². The molecule has 1 aromatic carbocycles. The third-order valence-electron chi connectivity index (χ3n) is 4.96. The Bertz CT molecular complexity index is 975. The van der Waals surface area contributed by atoms with E-state index >= 15 is 0 Å². The fraction of sp³-hybridized carbons (Fsp3) is 0.350. The molecule has 6 nitrogen and oxygen atoms in total. The molecule has 9 heteroatoms. The van der Waals surface area contributed by atoms with E-state index < -0.39 is 11.6 Å². The normalized spacial score (nSPS) is 14.9. The van der Waals surface area contributed by atoms with Crippen molar-refractivity contribution in [2.24, 2.45) is 0 Å². The fourth-order valence-corrected chi connectivity index (χ4v) is 4.00. The van der Waals surface area contributed by atoms with Gasteiger partial charge in [-0.3, -0.25) is 4.90 Å². The summed E-state index contributed by atoms with van der Waals surface area (Å²) in [5, 5.41) is 0.809. The van der Waals surface area contributed by atoms with E-state index in [-0.39, 0.29) is 0 Å². The van der Waals surface area contributed by atoms with Crippen molar-refractivity contribution in [3.63, 3.8) is 0 Å². The van der Waals surface area contributed by atoms with Crippen LogP contribution in [0, 0.1) is 11.6 Å². The molecule has 3 aromatic rings. The van der Waals surface area contributed by atoms with Crippen LogP contribution in [0.15, 0.2) is 36.5 Å². The summed E-state index contributed by atoms with van der Waals surface area (Å²) >= 11 is 1.29. The van der Waals surface area contributed by atoms with E-state index in [2.05, 4.69) is 24.1 Å². The summed E-state index contributed by atoms with van der Waals surface area (Å²) in [5.41, 5.74) is 1.69. The molecule has 1 aliphatic heterocycles. The predicted octanol–water partition coefficient (Wildman–Crippen LogP) is 3.25. The lowest BCUT2D eigenvalue weighted by molar-refractivity contribution is 0.261. The summed E-state index contributed by atoms with van der Waals surface area (Å²) in [5.74, 6) is -0.691. The number of piperazine rings is 1. The van der Waals surface area contributed by atoms with Crippen molar-refractivity contribution in [3.8, 4) is 17.3 Å². The summed E-state index contributed by atoms with van der Waals surface area (Å²) in [6.07, 6.45) is 2.71. The largest absolute Gasteiger partial charge is 0.481 e. The number of halogens is 2. The standard InChI is InChI=1S/C20H21F2N5OS/c1-28-18-12-14(4-6-23-18)5-7-26-8-10-27(11-9-26)20-24-19(25-29-20)15-2-3-16(21)17(22)13-15/h2-4,6,12-13H,5,7-11H2,1H3. The molecule has 0 radical (unpaired) electrons. The first-order chi connectivity index (χ1) is 14.1. The van der Waals surface area contributed by atoms with Crippen LogP contribution in [-0.2, 0) is 6.42 Å². The van der Waals surface area contributed by atoms with E-state index in [1.807, 2.05) is 12.1 Å². The van der Waals surface area contributed by atoms with Crippen LogP contribution in [0.2, 0.25) is 0 Å². The first kappa shape index (κ1) is 19.7. The number of benzene rings is 1. The zero-order valence-electron chi connectivity index (χ0n) is 16.0. The van der Waals surface area contributed by atoms with Gasteiger partial charge in [0.15, 0.2) is 17.5 Å². The van der Waals surface area contributed by atoms with Crippen LogP contribution in [-0.4, -0.2) is 59.1 Å². The monoisotopic (exact) mass is 417 g/mol. The Morgan fingerprint density at radius 2 is 1.90 bits per heavy atom. The van der Waals surface area contributed by atoms with Gasteiger partial charge in [0, 0.05) is 62.1 Å². The van der Waals surface area contributed by atoms with E-state index in [9.17, 15) is 8.78 Å². The highest BCUT2D eigenvalue weighted by Crippen LogP contribution is 2.26. The number of aromatic nitrogens is 3. The maximum Gasteiger partial charge on any atom is 0.213 e. The van der Waals surface area contributed by atoms with Gasteiger partial charge in [0.25, 0.3) is 0 Å². The number of hydrogen-bond donors (Lipinski definition) is 0. The molecule has 0 spiro atoms. The first-order valence-electron chi connectivity index (χ1n) is 9.38. The van der Waals surface area contributed by atoms with Crippen LogP contribution >= 0.6 is 11.5 Å². The Balaban J connectivity index is 1.31. The summed E-state index contributed by atoms with van der Waals surface area (Å²) in [4.78, 5) is 13.3. The van der Waals surface area contributed by atoms with Crippen LogP contribution in [0.25, 0.3) is 11.4 Å². The lowest BCUT2D eigenvalue weighted by Gasteiger charge is -2.34. The Morgan fingerprint density at radius 3 is 2.66 bits per heavy atom. The Labute approximate surface area is 171 Å². The Hall–Kier alpha value is -2.65. The van der Waals surface area contributed by atoms with Gasteiger partial charge in [0.2, 0.25) is 11.0 Å². The van der Waals surface area contributed by atoms with Crippen LogP contribution in [0.5, 0.6) is 5.88 Å². The topological polar surface area (TPSA) is 54.4 Å². The van der Waals surface area contributed by atoms with Gasteiger partial charge in [-0.1, -0.05) is 0 Å². The molecule has 1 aliphatic rings. The van der Waals surface area contributed by atoms with Crippen molar-refractivity contribution in [1.29, 1.82) is 0 Å². The molecule has 0 atom stereocenters. The summed E-state index contributed by atoms with van der Waals surface area (Å²) in [7, 11) is 1.62. The van der Waals surface area contributed by atoms with Crippen molar-refractivity contribution in [3.05, 3.63) is 53.7 Å². The van der Waals surface area contributed by atoms with Gasteiger partial charge in [-0.15, -0.1) is 0 Å². The second kappa shape index (κ2) is 8.79. The molecule has 2 aromatic heterocycles. The molecule has 1 fully saturated rings. The SMILES string of the molecule is COc1cc(CCN2CCN(c3nc(-c4ccc(F)c(F)c4)ns3)CC2)ccn1. The smallest absolute Gasteiger partial charge is 0.213 e. The highest BCUT2D eigenvalue weighted by molar-refractivity contribution is 7.09. The quantitative estimate of drug-likeness (QED) is 0.614. The summed E-state index contributed by atoms with van der Waals surface area (Å²) in [6.45, 7) is 4.54. The van der Waals surface area contributed by atoms with E-state index in [1.165, 1.54) is 23.2 Å². The number of ether oxygens (including phenoxy) is 1. The third kappa shape index (κ3) is 4.68. The van der Waals surface area contributed by atoms with E-state index in [0.717, 1.165) is 56.4 Å². The summed E-state index contributed by atoms with van der Waals surface area (Å²) in [6, 6.07) is 7.71. The van der Waals surface area contributed by atoms with Gasteiger partial charge in [0.05, 0.1) is 7.11 Å². The number of rotatable bonds is 6. The second-order valence-corrected chi connectivity index (χ2v) is 7.54. The lowest BCUT2D eigenvalue weighted by atomic mass is 10.2. The molecule has 3 heterocycles.